The molecular formula is C22H24N4O3. The quantitative estimate of drug-likeness (QED) is 0.475. The Hall–Kier alpha value is -3.22. The summed E-state index contributed by atoms with van der Waals surface area (Å²) in [6.07, 6.45) is 5.13. The van der Waals surface area contributed by atoms with E-state index in [0.29, 0.717) is 12.5 Å². The van der Waals surface area contributed by atoms with Gasteiger partial charge in [-0.2, -0.15) is 0 Å². The van der Waals surface area contributed by atoms with Crippen LogP contribution in [0.25, 0.3) is 11.0 Å². The molecule has 29 heavy (non-hydrogen) atoms. The third kappa shape index (κ3) is 3.26. The number of para-hydroxylation sites is 2. The predicted molar refractivity (Wildman–Crippen MR) is 109 cm³/mol. The molecule has 1 aliphatic rings. The molecule has 7 nitrogen and oxygen atoms in total. The van der Waals surface area contributed by atoms with Crippen LogP contribution >= 0.6 is 0 Å². The van der Waals surface area contributed by atoms with Crippen LogP contribution in [0.15, 0.2) is 48.8 Å². The number of imidazole rings is 1. The third-order valence-electron chi connectivity index (χ3n) is 5.25. The first-order valence-corrected chi connectivity index (χ1v) is 10.0. The lowest BCUT2D eigenvalue weighted by atomic mass is 9.90. The maximum atomic E-state index is 13.5. The van der Waals surface area contributed by atoms with Crippen molar-refractivity contribution in [2.24, 2.45) is 5.92 Å². The first-order chi connectivity index (χ1) is 14.2. The summed E-state index contributed by atoms with van der Waals surface area (Å²) in [5.74, 6) is -1.20. The fourth-order valence-corrected chi connectivity index (χ4v) is 3.93. The second-order valence-corrected chi connectivity index (χ2v) is 7.07. The minimum Gasteiger partial charge on any atom is -0.465 e. The molecule has 1 aromatic carbocycles. The van der Waals surface area contributed by atoms with Gasteiger partial charge < -0.3 is 9.30 Å². The van der Waals surface area contributed by atoms with Crippen LogP contribution < -0.4 is 4.90 Å². The monoisotopic (exact) mass is 392 g/mol. The standard InChI is InChI=1S/C22H24N4O3/c1-3-5-13-25-20(27)18(21(28)29-4-2)19(15-9-8-12-23-14-15)26-17-11-7-6-10-16(17)24-22(25)26/h6-12,14,18-19H,3-5,13H2,1-2H3/t18-,19-/m1/s1. The number of pyridine rings is 1. The van der Waals surface area contributed by atoms with Crippen LogP contribution in [0.5, 0.6) is 0 Å². The molecule has 4 rings (SSSR count). The van der Waals surface area contributed by atoms with Crippen molar-refractivity contribution < 1.29 is 14.3 Å². The molecule has 7 heteroatoms. The number of carbonyl (C=O) groups is 2. The summed E-state index contributed by atoms with van der Waals surface area (Å²) in [7, 11) is 0. The van der Waals surface area contributed by atoms with E-state index in [1.807, 2.05) is 41.0 Å². The summed E-state index contributed by atoms with van der Waals surface area (Å²) >= 11 is 0. The van der Waals surface area contributed by atoms with E-state index in [4.69, 9.17) is 9.72 Å². The molecule has 150 valence electrons. The Bertz CT molecular complexity index is 1030. The number of unbranched alkanes of at least 4 members (excludes halogenated alkanes) is 1. The summed E-state index contributed by atoms with van der Waals surface area (Å²) < 4.78 is 7.31. The number of amides is 1. The van der Waals surface area contributed by atoms with Crippen LogP contribution in [0.2, 0.25) is 0 Å². The Balaban J connectivity index is 1.97. The zero-order chi connectivity index (χ0) is 20.4. The van der Waals surface area contributed by atoms with Gasteiger partial charge in [0, 0.05) is 18.9 Å². The van der Waals surface area contributed by atoms with Crippen LogP contribution in [-0.2, 0) is 14.3 Å². The number of rotatable bonds is 6. The van der Waals surface area contributed by atoms with Gasteiger partial charge in [0.2, 0.25) is 11.9 Å². The molecule has 0 saturated carbocycles. The van der Waals surface area contributed by atoms with E-state index >= 15 is 0 Å². The fourth-order valence-electron chi connectivity index (χ4n) is 3.93. The lowest BCUT2D eigenvalue weighted by Crippen LogP contribution is -2.50. The van der Waals surface area contributed by atoms with Crippen molar-refractivity contribution in [2.75, 3.05) is 18.1 Å². The van der Waals surface area contributed by atoms with Gasteiger partial charge in [-0.25, -0.2) is 4.98 Å². The first-order valence-electron chi connectivity index (χ1n) is 10.0. The van der Waals surface area contributed by atoms with E-state index in [9.17, 15) is 9.59 Å². The maximum absolute atomic E-state index is 13.5. The van der Waals surface area contributed by atoms with Crippen LogP contribution in [-0.4, -0.2) is 39.6 Å². The fraction of sp³-hybridized carbons (Fsp3) is 0.364. The number of hydrogen-bond acceptors (Lipinski definition) is 5. The number of nitrogens with zero attached hydrogens (tertiary/aromatic N) is 4. The highest BCUT2D eigenvalue weighted by Crippen LogP contribution is 2.41. The molecule has 0 aliphatic carbocycles. The van der Waals surface area contributed by atoms with Crippen LogP contribution in [0.4, 0.5) is 5.95 Å². The summed E-state index contributed by atoms with van der Waals surface area (Å²) in [4.78, 5) is 37.1. The molecule has 0 unspecified atom stereocenters. The highest BCUT2D eigenvalue weighted by atomic mass is 16.5. The molecule has 0 radical (unpaired) electrons. The van der Waals surface area contributed by atoms with Crippen molar-refractivity contribution in [1.29, 1.82) is 0 Å². The highest BCUT2D eigenvalue weighted by molar-refractivity contribution is 6.08. The van der Waals surface area contributed by atoms with Gasteiger partial charge in [0.05, 0.1) is 23.7 Å². The van der Waals surface area contributed by atoms with Gasteiger partial charge in [-0.1, -0.05) is 31.5 Å². The van der Waals surface area contributed by atoms with Gasteiger partial charge in [-0.3, -0.25) is 19.5 Å². The van der Waals surface area contributed by atoms with Crippen molar-refractivity contribution in [2.45, 2.75) is 32.7 Å². The van der Waals surface area contributed by atoms with Gasteiger partial charge in [-0.05, 0) is 37.1 Å². The van der Waals surface area contributed by atoms with Gasteiger partial charge in [0.15, 0.2) is 5.92 Å². The number of aromatic nitrogens is 3. The molecule has 3 heterocycles. The Labute approximate surface area is 169 Å². The number of esters is 1. The van der Waals surface area contributed by atoms with Crippen LogP contribution in [0.3, 0.4) is 0 Å². The van der Waals surface area contributed by atoms with E-state index in [1.165, 1.54) is 0 Å². The number of ether oxygens (including phenoxy) is 1. The number of anilines is 1. The minimum atomic E-state index is -0.985. The highest BCUT2D eigenvalue weighted by Gasteiger charge is 2.47. The molecule has 0 bridgehead atoms. The molecule has 0 fully saturated rings. The number of carbonyl (C=O) groups excluding carboxylic acids is 2. The average Bonchev–Trinajstić information content (AvgIpc) is 3.12. The average molecular weight is 392 g/mol. The Morgan fingerprint density at radius 2 is 2.00 bits per heavy atom. The largest absolute Gasteiger partial charge is 0.465 e. The van der Waals surface area contributed by atoms with Crippen molar-refractivity contribution in [3.63, 3.8) is 0 Å². The van der Waals surface area contributed by atoms with E-state index in [2.05, 4.69) is 11.9 Å². The smallest absolute Gasteiger partial charge is 0.321 e. The minimum absolute atomic E-state index is 0.217. The summed E-state index contributed by atoms with van der Waals surface area (Å²) in [6, 6.07) is 10.9. The molecule has 0 N–H and O–H groups in total. The first kappa shape index (κ1) is 19.1. The van der Waals surface area contributed by atoms with Gasteiger partial charge in [-0.15, -0.1) is 0 Å². The zero-order valence-electron chi connectivity index (χ0n) is 16.6. The van der Waals surface area contributed by atoms with Gasteiger partial charge in [0.1, 0.15) is 0 Å². The van der Waals surface area contributed by atoms with Crippen molar-refractivity contribution >= 4 is 28.9 Å². The lowest BCUT2D eigenvalue weighted by molar-refractivity contribution is -0.153. The topological polar surface area (TPSA) is 77.3 Å². The number of benzene rings is 1. The molecule has 1 amide bonds. The third-order valence-corrected chi connectivity index (χ3v) is 5.25. The molecule has 1 aliphatic heterocycles. The molecule has 2 aromatic heterocycles. The maximum Gasteiger partial charge on any atom is 0.321 e. The summed E-state index contributed by atoms with van der Waals surface area (Å²) in [5, 5.41) is 0. The van der Waals surface area contributed by atoms with Crippen molar-refractivity contribution in [3.8, 4) is 0 Å². The van der Waals surface area contributed by atoms with Crippen molar-refractivity contribution in [1.82, 2.24) is 14.5 Å². The Morgan fingerprint density at radius 3 is 2.72 bits per heavy atom. The summed E-state index contributed by atoms with van der Waals surface area (Å²) in [5.41, 5.74) is 2.44. The molecule has 0 spiro atoms. The Kier molecular flexibility index (Phi) is 5.29. The normalized spacial score (nSPS) is 18.7. The molecule has 0 saturated heterocycles. The number of hydrogen-bond donors (Lipinski definition) is 0. The Morgan fingerprint density at radius 1 is 1.17 bits per heavy atom. The lowest BCUT2D eigenvalue weighted by Gasteiger charge is -2.37. The zero-order valence-corrected chi connectivity index (χ0v) is 16.6. The predicted octanol–water partition coefficient (Wildman–Crippen LogP) is 3.35. The van der Waals surface area contributed by atoms with Gasteiger partial charge >= 0.3 is 5.97 Å². The second-order valence-electron chi connectivity index (χ2n) is 7.07. The van der Waals surface area contributed by atoms with E-state index < -0.39 is 17.9 Å². The van der Waals surface area contributed by atoms with Crippen LogP contribution in [0, 0.1) is 5.92 Å². The second kappa shape index (κ2) is 8.03. The van der Waals surface area contributed by atoms with E-state index in [1.54, 1.807) is 24.2 Å². The van der Waals surface area contributed by atoms with Crippen molar-refractivity contribution in [3.05, 3.63) is 54.4 Å². The molecular weight excluding hydrogens is 368 g/mol. The van der Waals surface area contributed by atoms with E-state index in [-0.39, 0.29) is 12.5 Å². The SMILES string of the molecule is CCCCN1C(=O)[C@H](C(=O)OCC)[C@@H](c2cccnc2)n2c1nc1ccccc12. The summed E-state index contributed by atoms with van der Waals surface area (Å²) in [6.45, 7) is 4.54. The van der Waals surface area contributed by atoms with E-state index in [0.717, 1.165) is 29.4 Å². The van der Waals surface area contributed by atoms with Gasteiger partial charge in [0.25, 0.3) is 0 Å². The van der Waals surface area contributed by atoms with Crippen LogP contribution in [0.1, 0.15) is 38.3 Å². The molecule has 3 aromatic rings. The number of fused-ring (bicyclic) bond motifs is 3. The molecule has 2 atom stereocenters.